The smallest absolute Gasteiger partial charge is 0.318 e. The van der Waals surface area contributed by atoms with Gasteiger partial charge in [0.1, 0.15) is 11.5 Å². The molecule has 30 heavy (non-hydrogen) atoms. The predicted molar refractivity (Wildman–Crippen MR) is 119 cm³/mol. The van der Waals surface area contributed by atoms with E-state index in [1.165, 1.54) is 6.92 Å². The average molecular weight is 434 g/mol. The van der Waals surface area contributed by atoms with Gasteiger partial charge in [-0.25, -0.2) is 4.79 Å². The van der Waals surface area contributed by atoms with E-state index in [1.807, 2.05) is 43.3 Å². The molecule has 1 unspecified atom stereocenters. The Hall–Kier alpha value is -2.93. The summed E-state index contributed by atoms with van der Waals surface area (Å²) >= 11 is 0. The average Bonchev–Trinajstić information content (AvgIpc) is 2.72. The standard InChI is InChI=1S/C22H27N3O4.ClH/c1-14(19-12-17(28-3)8-9-21(19)29-4)23-22(27)25-11-10-18-16(13-25)6-5-7-20(18)24-15(2)26;/h5-9,12,14H,10-11,13H2,1-4H3,(H,23,27)(H,24,26);1H. The lowest BCUT2D eigenvalue weighted by Crippen LogP contribution is -2.43. The molecule has 0 radical (unpaired) electrons. The van der Waals surface area contributed by atoms with Gasteiger partial charge >= 0.3 is 6.03 Å². The molecule has 3 rings (SSSR count). The molecule has 0 aromatic heterocycles. The Morgan fingerprint density at radius 1 is 1.13 bits per heavy atom. The van der Waals surface area contributed by atoms with E-state index in [1.54, 1.807) is 19.1 Å². The molecule has 2 aromatic rings. The highest BCUT2D eigenvalue weighted by Crippen LogP contribution is 2.30. The van der Waals surface area contributed by atoms with Gasteiger partial charge in [0, 0.05) is 31.3 Å². The highest BCUT2D eigenvalue weighted by Gasteiger charge is 2.24. The summed E-state index contributed by atoms with van der Waals surface area (Å²) in [7, 11) is 3.21. The first-order valence-electron chi connectivity index (χ1n) is 9.58. The minimum absolute atomic E-state index is 0. The van der Waals surface area contributed by atoms with Crippen LogP contribution in [0.4, 0.5) is 10.5 Å². The number of amides is 3. The van der Waals surface area contributed by atoms with Gasteiger partial charge in [-0.15, -0.1) is 12.4 Å². The molecule has 3 amide bonds. The zero-order chi connectivity index (χ0) is 21.0. The van der Waals surface area contributed by atoms with Gasteiger partial charge < -0.3 is 25.0 Å². The Kier molecular flexibility index (Phi) is 7.94. The number of rotatable bonds is 5. The van der Waals surface area contributed by atoms with Crippen molar-refractivity contribution in [2.24, 2.45) is 0 Å². The maximum absolute atomic E-state index is 12.9. The fraction of sp³-hybridized carbons (Fsp3) is 0.364. The molecule has 7 nitrogen and oxygen atoms in total. The van der Waals surface area contributed by atoms with Gasteiger partial charge in [0.25, 0.3) is 0 Å². The second-order valence-corrected chi connectivity index (χ2v) is 7.08. The summed E-state index contributed by atoms with van der Waals surface area (Å²) in [6.07, 6.45) is 0.691. The van der Waals surface area contributed by atoms with Crippen LogP contribution in [0.1, 0.15) is 36.6 Å². The summed E-state index contributed by atoms with van der Waals surface area (Å²) in [6.45, 7) is 4.49. The van der Waals surface area contributed by atoms with Crippen LogP contribution in [0.3, 0.4) is 0 Å². The molecular weight excluding hydrogens is 406 g/mol. The van der Waals surface area contributed by atoms with E-state index in [2.05, 4.69) is 10.6 Å². The van der Waals surface area contributed by atoms with Crippen LogP contribution in [-0.2, 0) is 17.8 Å². The third-order valence-electron chi connectivity index (χ3n) is 5.11. The normalized spacial score (nSPS) is 13.4. The molecule has 1 atom stereocenters. The van der Waals surface area contributed by atoms with Gasteiger partial charge in [-0.1, -0.05) is 12.1 Å². The van der Waals surface area contributed by atoms with Crippen molar-refractivity contribution in [3.63, 3.8) is 0 Å². The predicted octanol–water partition coefficient (Wildman–Crippen LogP) is 3.91. The number of methoxy groups -OCH3 is 2. The van der Waals surface area contributed by atoms with Crippen LogP contribution in [0.5, 0.6) is 11.5 Å². The summed E-state index contributed by atoms with van der Waals surface area (Å²) in [4.78, 5) is 26.1. The van der Waals surface area contributed by atoms with E-state index in [0.29, 0.717) is 31.0 Å². The Balaban J connectivity index is 0.00000320. The van der Waals surface area contributed by atoms with Gasteiger partial charge in [-0.3, -0.25) is 4.79 Å². The second-order valence-electron chi connectivity index (χ2n) is 7.08. The van der Waals surface area contributed by atoms with Crippen molar-refractivity contribution in [3.8, 4) is 11.5 Å². The van der Waals surface area contributed by atoms with Crippen LogP contribution >= 0.6 is 12.4 Å². The van der Waals surface area contributed by atoms with Crippen molar-refractivity contribution in [2.45, 2.75) is 32.9 Å². The molecule has 2 aromatic carbocycles. The van der Waals surface area contributed by atoms with Crippen LogP contribution in [0.2, 0.25) is 0 Å². The number of carbonyl (C=O) groups excluding carboxylic acids is 2. The molecular formula is C22H28ClN3O4. The fourth-order valence-corrected chi connectivity index (χ4v) is 3.62. The first kappa shape index (κ1) is 23.3. The highest BCUT2D eigenvalue weighted by molar-refractivity contribution is 5.90. The second kappa shape index (κ2) is 10.2. The molecule has 162 valence electrons. The number of urea groups is 1. The third kappa shape index (κ3) is 5.16. The zero-order valence-corrected chi connectivity index (χ0v) is 18.5. The molecule has 0 saturated heterocycles. The summed E-state index contributed by atoms with van der Waals surface area (Å²) in [5, 5.41) is 5.92. The number of hydrogen-bond acceptors (Lipinski definition) is 4. The fourth-order valence-electron chi connectivity index (χ4n) is 3.62. The van der Waals surface area contributed by atoms with Crippen LogP contribution in [0, 0.1) is 0 Å². The summed E-state index contributed by atoms with van der Waals surface area (Å²) in [5.41, 5.74) is 3.81. The van der Waals surface area contributed by atoms with Crippen molar-refractivity contribution in [3.05, 3.63) is 53.1 Å². The van der Waals surface area contributed by atoms with E-state index in [4.69, 9.17) is 9.47 Å². The number of nitrogens with zero attached hydrogens (tertiary/aromatic N) is 1. The van der Waals surface area contributed by atoms with Crippen molar-refractivity contribution >= 4 is 30.0 Å². The molecule has 0 spiro atoms. The van der Waals surface area contributed by atoms with E-state index >= 15 is 0 Å². The number of halogens is 1. The number of hydrogen-bond donors (Lipinski definition) is 2. The van der Waals surface area contributed by atoms with E-state index in [-0.39, 0.29) is 30.4 Å². The number of anilines is 1. The largest absolute Gasteiger partial charge is 0.497 e. The number of carbonyl (C=O) groups is 2. The maximum Gasteiger partial charge on any atom is 0.318 e. The van der Waals surface area contributed by atoms with Crippen molar-refractivity contribution in [1.29, 1.82) is 0 Å². The molecule has 1 aliphatic heterocycles. The Morgan fingerprint density at radius 2 is 1.90 bits per heavy atom. The minimum atomic E-state index is -0.250. The third-order valence-corrected chi connectivity index (χ3v) is 5.11. The molecule has 0 fully saturated rings. The lowest BCUT2D eigenvalue weighted by atomic mass is 9.98. The SMILES string of the molecule is COc1ccc(OC)c(C(C)NC(=O)N2CCc3c(cccc3NC(C)=O)C2)c1.Cl. The molecule has 8 heteroatoms. The summed E-state index contributed by atoms with van der Waals surface area (Å²) < 4.78 is 10.7. The number of benzene rings is 2. The Morgan fingerprint density at radius 3 is 2.57 bits per heavy atom. The first-order chi connectivity index (χ1) is 13.9. The summed E-state index contributed by atoms with van der Waals surface area (Å²) in [6, 6.07) is 10.9. The zero-order valence-electron chi connectivity index (χ0n) is 17.7. The lowest BCUT2D eigenvalue weighted by molar-refractivity contribution is -0.114. The van der Waals surface area contributed by atoms with Crippen LogP contribution < -0.4 is 20.1 Å². The number of fused-ring (bicyclic) bond motifs is 1. The highest BCUT2D eigenvalue weighted by atomic mass is 35.5. The molecule has 0 bridgehead atoms. The van der Waals surface area contributed by atoms with Crippen LogP contribution in [0.15, 0.2) is 36.4 Å². The van der Waals surface area contributed by atoms with Crippen LogP contribution in [-0.4, -0.2) is 37.6 Å². The molecule has 2 N–H and O–H groups in total. The van der Waals surface area contributed by atoms with Gasteiger partial charge in [-0.2, -0.15) is 0 Å². The van der Waals surface area contributed by atoms with Crippen molar-refractivity contribution in [1.82, 2.24) is 10.2 Å². The number of nitrogens with one attached hydrogen (secondary N) is 2. The first-order valence-corrected chi connectivity index (χ1v) is 9.58. The monoisotopic (exact) mass is 433 g/mol. The topological polar surface area (TPSA) is 79.9 Å². The van der Waals surface area contributed by atoms with Gasteiger partial charge in [0.2, 0.25) is 5.91 Å². The van der Waals surface area contributed by atoms with Gasteiger partial charge in [0.15, 0.2) is 0 Å². The lowest BCUT2D eigenvalue weighted by Gasteiger charge is -2.31. The molecule has 0 saturated carbocycles. The quantitative estimate of drug-likeness (QED) is 0.749. The number of ether oxygens (including phenoxy) is 2. The maximum atomic E-state index is 12.9. The van der Waals surface area contributed by atoms with Crippen LogP contribution in [0.25, 0.3) is 0 Å². The molecule has 0 aliphatic carbocycles. The molecule has 1 aliphatic rings. The van der Waals surface area contributed by atoms with Crippen molar-refractivity contribution < 1.29 is 19.1 Å². The summed E-state index contributed by atoms with van der Waals surface area (Å²) in [5.74, 6) is 1.31. The Labute approximate surface area is 183 Å². The van der Waals surface area contributed by atoms with E-state index in [9.17, 15) is 9.59 Å². The van der Waals surface area contributed by atoms with Crippen molar-refractivity contribution in [2.75, 3.05) is 26.1 Å². The van der Waals surface area contributed by atoms with Gasteiger partial charge in [0.05, 0.1) is 20.3 Å². The van der Waals surface area contributed by atoms with E-state index < -0.39 is 0 Å². The molecule has 1 heterocycles. The van der Waals surface area contributed by atoms with Gasteiger partial charge in [-0.05, 0) is 48.7 Å². The Bertz CT molecular complexity index is 919. The minimum Gasteiger partial charge on any atom is -0.497 e. The van der Waals surface area contributed by atoms with E-state index in [0.717, 1.165) is 22.4 Å².